The fourth-order valence-electron chi connectivity index (χ4n) is 1.55. The van der Waals surface area contributed by atoms with E-state index in [0.717, 1.165) is 14.9 Å². The molecule has 0 heterocycles. The van der Waals surface area contributed by atoms with Gasteiger partial charge < -0.3 is 16.8 Å². The summed E-state index contributed by atoms with van der Waals surface area (Å²) in [5.41, 5.74) is 13.3. The molecule has 0 saturated heterocycles. The van der Waals surface area contributed by atoms with E-state index in [1.54, 1.807) is 18.2 Å². The van der Waals surface area contributed by atoms with Crippen molar-refractivity contribution >= 4 is 45.6 Å². The lowest BCUT2D eigenvalue weighted by atomic mass is 10.1. The second-order valence-corrected chi connectivity index (χ2v) is 5.04. The van der Waals surface area contributed by atoms with Crippen LogP contribution in [0.15, 0.2) is 42.5 Å². The molecule has 5 N–H and O–H groups in total. The summed E-state index contributed by atoms with van der Waals surface area (Å²) >= 11 is 2.24. The Hall–Kier alpha value is -1.76. The first-order valence-corrected chi connectivity index (χ1v) is 6.36. The third kappa shape index (κ3) is 2.92. The lowest BCUT2D eigenvalue weighted by Gasteiger charge is -2.09. The minimum atomic E-state index is -0.529. The third-order valence-corrected chi connectivity index (χ3v) is 3.17. The molecule has 2 aromatic carbocycles. The fraction of sp³-hybridized carbons (Fsp3) is 0. The summed E-state index contributed by atoms with van der Waals surface area (Å²) in [4.78, 5) is 11.2. The number of amides is 1. The summed E-state index contributed by atoms with van der Waals surface area (Å²) in [6.07, 6.45) is 0. The van der Waals surface area contributed by atoms with Gasteiger partial charge >= 0.3 is 0 Å². The van der Waals surface area contributed by atoms with Crippen molar-refractivity contribution in [2.75, 3.05) is 11.1 Å². The van der Waals surface area contributed by atoms with Crippen LogP contribution in [0.3, 0.4) is 0 Å². The van der Waals surface area contributed by atoms with Crippen LogP contribution in [0.2, 0.25) is 0 Å². The Morgan fingerprint density at radius 1 is 1.06 bits per heavy atom. The molecule has 2 aromatic rings. The molecule has 0 saturated carbocycles. The lowest BCUT2D eigenvalue weighted by Crippen LogP contribution is -2.13. The maximum atomic E-state index is 11.2. The highest BCUT2D eigenvalue weighted by Gasteiger charge is 2.06. The van der Waals surface area contributed by atoms with E-state index in [9.17, 15) is 4.79 Å². The van der Waals surface area contributed by atoms with Gasteiger partial charge in [0.05, 0.1) is 5.56 Å². The van der Waals surface area contributed by atoms with Crippen LogP contribution in [-0.4, -0.2) is 5.91 Å². The minimum Gasteiger partial charge on any atom is -0.398 e. The highest BCUT2D eigenvalue weighted by Crippen LogP contribution is 2.21. The average Bonchev–Trinajstić information content (AvgIpc) is 2.34. The summed E-state index contributed by atoms with van der Waals surface area (Å²) < 4.78 is 1.16. The molecule has 0 atom stereocenters. The van der Waals surface area contributed by atoms with Gasteiger partial charge in [-0.2, -0.15) is 0 Å². The Morgan fingerprint density at radius 2 is 1.67 bits per heavy atom. The third-order valence-electron chi connectivity index (χ3n) is 2.45. The van der Waals surface area contributed by atoms with E-state index in [1.807, 2.05) is 24.3 Å². The van der Waals surface area contributed by atoms with Crippen LogP contribution >= 0.6 is 22.6 Å². The van der Waals surface area contributed by atoms with Gasteiger partial charge in [0.1, 0.15) is 0 Å². The van der Waals surface area contributed by atoms with Crippen molar-refractivity contribution in [1.82, 2.24) is 0 Å². The maximum absolute atomic E-state index is 11.2. The van der Waals surface area contributed by atoms with Gasteiger partial charge in [-0.15, -0.1) is 0 Å². The van der Waals surface area contributed by atoms with Crippen molar-refractivity contribution < 1.29 is 4.79 Å². The second kappa shape index (κ2) is 5.26. The first-order valence-electron chi connectivity index (χ1n) is 5.28. The molecule has 0 spiro atoms. The van der Waals surface area contributed by atoms with E-state index in [1.165, 1.54) is 0 Å². The smallest absolute Gasteiger partial charge is 0.250 e. The number of hydrogen-bond acceptors (Lipinski definition) is 3. The fourth-order valence-corrected chi connectivity index (χ4v) is 1.91. The van der Waals surface area contributed by atoms with E-state index in [2.05, 4.69) is 27.9 Å². The van der Waals surface area contributed by atoms with Crippen LogP contribution in [0, 0.1) is 3.57 Å². The number of primary amides is 1. The highest BCUT2D eigenvalue weighted by atomic mass is 127. The number of nitrogens with one attached hydrogen (secondary N) is 1. The van der Waals surface area contributed by atoms with Crippen molar-refractivity contribution in [2.24, 2.45) is 5.73 Å². The molecule has 0 bridgehead atoms. The Balaban J connectivity index is 2.27. The number of nitrogens with two attached hydrogens (primary N) is 2. The zero-order chi connectivity index (χ0) is 13.1. The Labute approximate surface area is 119 Å². The van der Waals surface area contributed by atoms with Crippen molar-refractivity contribution in [3.05, 3.63) is 51.6 Å². The molecule has 0 fully saturated rings. The van der Waals surface area contributed by atoms with Gasteiger partial charge in [-0.3, -0.25) is 4.79 Å². The first kappa shape index (κ1) is 12.7. The number of rotatable bonds is 3. The topological polar surface area (TPSA) is 81.1 Å². The number of carbonyl (C=O) groups is 1. The van der Waals surface area contributed by atoms with Crippen LogP contribution in [0.5, 0.6) is 0 Å². The predicted octanol–water partition coefficient (Wildman–Crippen LogP) is 2.72. The summed E-state index contributed by atoms with van der Waals surface area (Å²) in [6.45, 7) is 0. The summed E-state index contributed by atoms with van der Waals surface area (Å²) in [6, 6.07) is 13.0. The van der Waals surface area contributed by atoms with E-state index < -0.39 is 5.91 Å². The summed E-state index contributed by atoms with van der Waals surface area (Å²) in [7, 11) is 0. The zero-order valence-electron chi connectivity index (χ0n) is 9.48. The molecule has 92 valence electrons. The first-order chi connectivity index (χ1) is 8.56. The SMILES string of the molecule is NC(=O)c1cc(Nc2ccc(I)cc2)ccc1N. The highest BCUT2D eigenvalue weighted by molar-refractivity contribution is 14.1. The standard InChI is InChI=1S/C13H12IN3O/c14-8-1-3-9(4-2-8)17-10-5-6-12(15)11(7-10)13(16)18/h1-7,17H,15H2,(H2,16,18). The number of halogens is 1. The molecule has 18 heavy (non-hydrogen) atoms. The molecule has 5 heteroatoms. The average molecular weight is 353 g/mol. The lowest BCUT2D eigenvalue weighted by molar-refractivity contribution is 0.100. The monoisotopic (exact) mass is 353 g/mol. The largest absolute Gasteiger partial charge is 0.398 e. The predicted molar refractivity (Wildman–Crippen MR) is 81.8 cm³/mol. The van der Waals surface area contributed by atoms with Gasteiger partial charge in [0.15, 0.2) is 0 Å². The molecule has 0 radical (unpaired) electrons. The van der Waals surface area contributed by atoms with E-state index in [-0.39, 0.29) is 0 Å². The van der Waals surface area contributed by atoms with Gasteiger partial charge in [-0.25, -0.2) is 0 Å². The van der Waals surface area contributed by atoms with Crippen molar-refractivity contribution in [2.45, 2.75) is 0 Å². The van der Waals surface area contributed by atoms with Crippen LogP contribution in [0.1, 0.15) is 10.4 Å². The zero-order valence-corrected chi connectivity index (χ0v) is 11.6. The van der Waals surface area contributed by atoms with Gasteiger partial charge in [0.2, 0.25) is 0 Å². The van der Waals surface area contributed by atoms with Crippen molar-refractivity contribution in [3.63, 3.8) is 0 Å². The van der Waals surface area contributed by atoms with Crippen LogP contribution < -0.4 is 16.8 Å². The molecule has 0 unspecified atom stereocenters. The molecular formula is C13H12IN3O. The summed E-state index contributed by atoms with van der Waals surface area (Å²) in [5, 5.41) is 3.19. The molecule has 4 nitrogen and oxygen atoms in total. The number of nitrogen functional groups attached to an aromatic ring is 1. The Morgan fingerprint density at radius 3 is 2.28 bits per heavy atom. The number of carbonyl (C=O) groups excluding carboxylic acids is 1. The van der Waals surface area contributed by atoms with E-state index in [4.69, 9.17) is 11.5 Å². The molecular weight excluding hydrogens is 341 g/mol. The maximum Gasteiger partial charge on any atom is 0.250 e. The van der Waals surface area contributed by atoms with Gasteiger partial charge in [0, 0.05) is 20.6 Å². The van der Waals surface area contributed by atoms with E-state index >= 15 is 0 Å². The summed E-state index contributed by atoms with van der Waals surface area (Å²) in [5.74, 6) is -0.529. The second-order valence-electron chi connectivity index (χ2n) is 3.80. The van der Waals surface area contributed by atoms with Gasteiger partial charge in [-0.1, -0.05) is 0 Å². The van der Waals surface area contributed by atoms with Crippen molar-refractivity contribution in [3.8, 4) is 0 Å². The molecule has 0 aromatic heterocycles. The van der Waals surface area contributed by atoms with Gasteiger partial charge in [-0.05, 0) is 65.1 Å². The Kier molecular flexibility index (Phi) is 3.71. The van der Waals surface area contributed by atoms with Crippen molar-refractivity contribution in [1.29, 1.82) is 0 Å². The Bertz CT molecular complexity index is 581. The minimum absolute atomic E-state index is 0.325. The molecule has 2 rings (SSSR count). The molecule has 0 aliphatic carbocycles. The quantitative estimate of drug-likeness (QED) is 0.586. The number of hydrogen-bond donors (Lipinski definition) is 3. The van der Waals surface area contributed by atoms with E-state index in [0.29, 0.717) is 11.3 Å². The molecule has 0 aliphatic heterocycles. The van der Waals surface area contributed by atoms with Crippen LogP contribution in [-0.2, 0) is 0 Å². The van der Waals surface area contributed by atoms with Gasteiger partial charge in [0.25, 0.3) is 5.91 Å². The van der Waals surface area contributed by atoms with Crippen LogP contribution in [0.4, 0.5) is 17.1 Å². The number of benzene rings is 2. The molecule has 1 amide bonds. The molecule has 0 aliphatic rings. The number of anilines is 3. The van der Waals surface area contributed by atoms with Crippen LogP contribution in [0.25, 0.3) is 0 Å². The normalized spacial score (nSPS) is 10.1.